The molecule has 0 aliphatic carbocycles. The molecule has 1 amide bonds. The first-order chi connectivity index (χ1) is 13.6. The summed E-state index contributed by atoms with van der Waals surface area (Å²) in [5.74, 6) is -1.98. The van der Waals surface area contributed by atoms with Gasteiger partial charge in [0.15, 0.2) is 5.69 Å². The summed E-state index contributed by atoms with van der Waals surface area (Å²) in [4.78, 5) is 36.7. The lowest BCUT2D eigenvalue weighted by molar-refractivity contribution is -0.119. The summed E-state index contributed by atoms with van der Waals surface area (Å²) >= 11 is 0. The number of carbonyl (C=O) groups is 2. The number of rotatable bonds is 5. The predicted molar refractivity (Wildman–Crippen MR) is 104 cm³/mol. The highest BCUT2D eigenvalue weighted by Gasteiger charge is 2.22. The maximum atomic E-state index is 12.7. The molecule has 0 radical (unpaired) electrons. The molecule has 1 heterocycles. The molecular weight excluding hydrogens is 400 g/mol. The maximum Gasteiger partial charge on any atom is 0.357 e. The zero-order valence-corrected chi connectivity index (χ0v) is 15.9. The van der Waals surface area contributed by atoms with Crippen LogP contribution in [0.2, 0.25) is 0 Å². The Morgan fingerprint density at radius 1 is 1.10 bits per heavy atom. The summed E-state index contributed by atoms with van der Waals surface area (Å²) < 4.78 is 23.4. The number of carboxylic acids is 1. The fourth-order valence-electron chi connectivity index (χ4n) is 2.71. The second-order valence-electron chi connectivity index (χ2n) is 6.18. The Labute approximate surface area is 164 Å². The smallest absolute Gasteiger partial charge is 0.357 e. The number of carbonyl (C=O) groups excluding carboxylic acids is 1. The molecule has 4 N–H and O–H groups in total. The monoisotopic (exact) mass is 416 g/mol. The van der Waals surface area contributed by atoms with E-state index < -0.39 is 33.5 Å². The largest absolute Gasteiger partial charge is 0.476 e. The van der Waals surface area contributed by atoms with Crippen LogP contribution in [0, 0.1) is 0 Å². The summed E-state index contributed by atoms with van der Waals surface area (Å²) in [6.07, 6.45) is 0. The lowest BCUT2D eigenvalue weighted by Gasteiger charge is -2.16. The van der Waals surface area contributed by atoms with Gasteiger partial charge in [-0.15, -0.1) is 0 Å². The molecule has 1 aromatic heterocycles. The van der Waals surface area contributed by atoms with Gasteiger partial charge in [0.05, 0.1) is 10.3 Å². The topological polar surface area (TPSA) is 161 Å². The summed E-state index contributed by atoms with van der Waals surface area (Å²) in [6.45, 7) is 1.39. The maximum absolute atomic E-state index is 12.7. The van der Waals surface area contributed by atoms with Crippen LogP contribution in [0.15, 0.2) is 58.2 Å². The van der Waals surface area contributed by atoms with Crippen LogP contribution in [0.5, 0.6) is 0 Å². The van der Waals surface area contributed by atoms with Gasteiger partial charge in [0.1, 0.15) is 6.04 Å². The summed E-state index contributed by atoms with van der Waals surface area (Å²) in [5, 5.41) is 21.1. The molecule has 1 atom stereocenters. The van der Waals surface area contributed by atoms with Crippen molar-refractivity contribution >= 4 is 38.4 Å². The number of aromatic nitrogens is 2. The van der Waals surface area contributed by atoms with Crippen molar-refractivity contribution in [3.8, 4) is 0 Å². The summed E-state index contributed by atoms with van der Waals surface area (Å²) in [6, 6.07) is 10.1. The molecule has 0 bridgehead atoms. The van der Waals surface area contributed by atoms with Crippen molar-refractivity contribution < 1.29 is 23.1 Å². The van der Waals surface area contributed by atoms with Crippen molar-refractivity contribution in [2.24, 2.45) is 5.14 Å². The molecule has 10 nitrogen and oxygen atoms in total. The molecule has 29 heavy (non-hydrogen) atoms. The molecule has 150 valence electrons. The van der Waals surface area contributed by atoms with E-state index in [0.717, 1.165) is 4.68 Å². The van der Waals surface area contributed by atoms with Gasteiger partial charge in [0.25, 0.3) is 5.56 Å². The van der Waals surface area contributed by atoms with E-state index in [2.05, 4.69) is 10.4 Å². The van der Waals surface area contributed by atoms with E-state index in [-0.39, 0.29) is 27.0 Å². The Morgan fingerprint density at radius 2 is 1.69 bits per heavy atom. The Balaban J connectivity index is 1.96. The van der Waals surface area contributed by atoms with E-state index in [1.807, 2.05) is 0 Å². The van der Waals surface area contributed by atoms with Gasteiger partial charge in [-0.05, 0) is 37.3 Å². The van der Waals surface area contributed by atoms with Crippen molar-refractivity contribution in [3.05, 3.63) is 64.6 Å². The second-order valence-corrected chi connectivity index (χ2v) is 7.75. The summed E-state index contributed by atoms with van der Waals surface area (Å²) in [7, 11) is -3.87. The van der Waals surface area contributed by atoms with Crippen LogP contribution >= 0.6 is 0 Å². The Hall–Kier alpha value is -3.57. The molecule has 0 aliphatic rings. The normalized spacial score (nSPS) is 12.5. The van der Waals surface area contributed by atoms with Crippen LogP contribution in [0.25, 0.3) is 10.8 Å². The molecule has 3 rings (SSSR count). The molecular formula is C18H16N4O6S. The molecule has 1 unspecified atom stereocenters. The molecule has 0 spiro atoms. The van der Waals surface area contributed by atoms with E-state index in [9.17, 15) is 27.9 Å². The van der Waals surface area contributed by atoms with Gasteiger partial charge in [-0.25, -0.2) is 23.0 Å². The van der Waals surface area contributed by atoms with Crippen molar-refractivity contribution in [2.45, 2.75) is 17.9 Å². The molecule has 11 heteroatoms. The highest BCUT2D eigenvalue weighted by Crippen LogP contribution is 2.17. The third-order valence-electron chi connectivity index (χ3n) is 4.23. The van der Waals surface area contributed by atoms with Crippen LogP contribution in [-0.4, -0.2) is 35.2 Å². The first-order valence-corrected chi connectivity index (χ1v) is 9.83. The van der Waals surface area contributed by atoms with Gasteiger partial charge in [0, 0.05) is 11.1 Å². The predicted octanol–water partition coefficient (Wildman–Crippen LogP) is 0.942. The van der Waals surface area contributed by atoms with Gasteiger partial charge in [-0.1, -0.05) is 18.2 Å². The standard InChI is InChI=1S/C18H16N4O6S/c1-10(16(23)20-11-6-8-12(9-7-11)29(19,27)28)22-17(24)14-5-3-2-4-13(14)15(21-22)18(25)26/h2-10H,1H3,(H,20,23)(H,25,26)(H2,19,27,28). The van der Waals surface area contributed by atoms with Gasteiger partial charge < -0.3 is 10.4 Å². The Morgan fingerprint density at radius 3 is 2.24 bits per heavy atom. The van der Waals surface area contributed by atoms with Crippen LogP contribution < -0.4 is 16.0 Å². The zero-order chi connectivity index (χ0) is 21.3. The number of hydrogen-bond acceptors (Lipinski definition) is 6. The quantitative estimate of drug-likeness (QED) is 0.557. The molecule has 3 aromatic rings. The minimum Gasteiger partial charge on any atom is -0.476 e. The fourth-order valence-corrected chi connectivity index (χ4v) is 3.23. The van der Waals surface area contributed by atoms with Crippen molar-refractivity contribution in [1.29, 1.82) is 0 Å². The lowest BCUT2D eigenvalue weighted by atomic mass is 10.1. The van der Waals surface area contributed by atoms with E-state index >= 15 is 0 Å². The van der Waals surface area contributed by atoms with Crippen LogP contribution in [0.3, 0.4) is 0 Å². The number of aromatic carboxylic acids is 1. The number of nitrogens with zero attached hydrogens (tertiary/aromatic N) is 2. The third-order valence-corrected chi connectivity index (χ3v) is 5.16. The average molecular weight is 416 g/mol. The zero-order valence-electron chi connectivity index (χ0n) is 15.1. The number of benzene rings is 2. The molecule has 2 aromatic carbocycles. The number of amides is 1. The van der Waals surface area contributed by atoms with Crippen molar-refractivity contribution in [2.75, 3.05) is 5.32 Å². The third kappa shape index (κ3) is 4.00. The molecule has 0 fully saturated rings. The summed E-state index contributed by atoms with van der Waals surface area (Å²) in [5.41, 5.74) is -0.697. The van der Waals surface area contributed by atoms with Crippen LogP contribution in [-0.2, 0) is 14.8 Å². The highest BCUT2D eigenvalue weighted by molar-refractivity contribution is 7.89. The van der Waals surface area contributed by atoms with Gasteiger partial charge in [-0.3, -0.25) is 9.59 Å². The van der Waals surface area contributed by atoms with E-state index in [4.69, 9.17) is 5.14 Å². The first-order valence-electron chi connectivity index (χ1n) is 8.28. The first kappa shape index (κ1) is 20.2. The second kappa shape index (κ2) is 7.45. The SMILES string of the molecule is CC(C(=O)Nc1ccc(S(N)(=O)=O)cc1)n1nc(C(=O)O)c2ccccc2c1=O. The Bertz CT molecular complexity index is 1280. The number of nitrogens with two attached hydrogens (primary N) is 1. The fraction of sp³-hybridized carbons (Fsp3) is 0.111. The lowest BCUT2D eigenvalue weighted by Crippen LogP contribution is -2.34. The van der Waals surface area contributed by atoms with Crippen LogP contribution in [0.1, 0.15) is 23.5 Å². The van der Waals surface area contributed by atoms with Gasteiger partial charge in [0.2, 0.25) is 15.9 Å². The minimum absolute atomic E-state index is 0.122. The van der Waals surface area contributed by atoms with E-state index in [0.29, 0.717) is 0 Å². The van der Waals surface area contributed by atoms with E-state index in [1.165, 1.54) is 43.3 Å². The Kier molecular flexibility index (Phi) is 5.18. The van der Waals surface area contributed by atoms with Gasteiger partial charge >= 0.3 is 5.97 Å². The highest BCUT2D eigenvalue weighted by atomic mass is 32.2. The number of primary sulfonamides is 1. The van der Waals surface area contributed by atoms with E-state index in [1.54, 1.807) is 12.1 Å². The number of nitrogens with one attached hydrogen (secondary N) is 1. The number of fused-ring (bicyclic) bond motifs is 1. The molecule has 0 saturated heterocycles. The van der Waals surface area contributed by atoms with Gasteiger partial charge in [-0.2, -0.15) is 5.10 Å². The van der Waals surface area contributed by atoms with Crippen LogP contribution in [0.4, 0.5) is 5.69 Å². The number of carboxylic acid groups (broad SMARTS) is 1. The molecule has 0 saturated carbocycles. The number of hydrogen-bond donors (Lipinski definition) is 3. The molecule has 0 aliphatic heterocycles. The minimum atomic E-state index is -3.87. The average Bonchev–Trinajstić information content (AvgIpc) is 2.67. The number of sulfonamides is 1. The number of anilines is 1. The van der Waals surface area contributed by atoms with Crippen molar-refractivity contribution in [3.63, 3.8) is 0 Å². The van der Waals surface area contributed by atoms with Crippen molar-refractivity contribution in [1.82, 2.24) is 9.78 Å².